The molecular weight excluding hydrogens is 900 g/mol. The van der Waals surface area contributed by atoms with Crippen LogP contribution in [0.1, 0.15) is 78.4 Å². The Labute approximate surface area is 371 Å². The highest BCUT2D eigenvalue weighted by Crippen LogP contribution is 2.37. The zero-order valence-electron chi connectivity index (χ0n) is 33.7. The number of nitrogens with two attached hydrogens (primary N) is 1. The summed E-state index contributed by atoms with van der Waals surface area (Å²) in [5.41, 5.74) is 5.40. The molecule has 1 amide bonds. The summed E-state index contributed by atoms with van der Waals surface area (Å²) in [6.07, 6.45) is 7.78. The highest BCUT2D eigenvalue weighted by atomic mass is 33.1. The molecule has 2 heterocycles. The van der Waals surface area contributed by atoms with E-state index < -0.39 is 25.1 Å². The summed E-state index contributed by atoms with van der Waals surface area (Å²) < 4.78 is 24.3. The summed E-state index contributed by atoms with van der Waals surface area (Å²) in [5.74, 6) is 5.62. The third kappa shape index (κ3) is 40.4. The van der Waals surface area contributed by atoms with Gasteiger partial charge < -0.3 is 25.6 Å². The number of carboxylic acids is 1. The van der Waals surface area contributed by atoms with Crippen LogP contribution >= 0.6 is 90.2 Å². The van der Waals surface area contributed by atoms with Crippen molar-refractivity contribution >= 4 is 134 Å². The molecule has 2 fully saturated rings. The van der Waals surface area contributed by atoms with Gasteiger partial charge in [-0.15, -0.1) is 0 Å². The molecule has 57 heavy (non-hydrogen) atoms. The van der Waals surface area contributed by atoms with E-state index >= 15 is 0 Å². The number of aliphatic carboxylic acids is 1. The highest BCUT2D eigenvalue weighted by Gasteiger charge is 2.17. The third-order valence-corrected chi connectivity index (χ3v) is 16.3. The Balaban J connectivity index is 0. The molecule has 0 radical (unpaired) electrons. The molecule has 2 aliphatic rings. The molecule has 0 spiro atoms. The van der Waals surface area contributed by atoms with E-state index in [4.69, 9.17) is 12.2 Å². The van der Waals surface area contributed by atoms with Crippen molar-refractivity contribution in [1.82, 2.24) is 5.32 Å². The summed E-state index contributed by atoms with van der Waals surface area (Å²) in [6.45, 7) is 1.53. The number of nitrogens with one attached hydrogen (secondary N) is 1. The number of carbonyl (C=O) groups excluding carboxylic acids is 7. The van der Waals surface area contributed by atoms with Gasteiger partial charge in [-0.2, -0.15) is 0 Å². The molecule has 2 saturated heterocycles. The first-order valence-corrected chi connectivity index (χ1v) is 27.0. The minimum absolute atomic E-state index is 0.00724. The van der Waals surface area contributed by atoms with Crippen molar-refractivity contribution in [2.75, 3.05) is 80.5 Å². The Morgan fingerprint density at radius 2 is 1.07 bits per heavy atom. The second-order valence-electron chi connectivity index (χ2n) is 11.8. The minimum atomic E-state index is -1.02. The second kappa shape index (κ2) is 42.0. The van der Waals surface area contributed by atoms with E-state index in [1.165, 1.54) is 62.9 Å². The summed E-state index contributed by atoms with van der Waals surface area (Å²) >= 11 is 3.74. The number of ether oxygens (including phenoxy) is 2. The topological polar surface area (TPSA) is 213 Å². The smallest absolute Gasteiger partial charge is 0.316 e. The fraction of sp³-hybridized carbons (Fsp3) is 0.771. The van der Waals surface area contributed by atoms with Gasteiger partial charge in [0.25, 0.3) is 0 Å². The van der Waals surface area contributed by atoms with Crippen LogP contribution in [0.3, 0.4) is 0 Å². The normalized spacial score (nSPS) is 13.6. The van der Waals surface area contributed by atoms with E-state index in [-0.39, 0.29) is 76.4 Å². The molecule has 0 aliphatic carbocycles. The van der Waals surface area contributed by atoms with Gasteiger partial charge in [0.2, 0.25) is 5.91 Å². The lowest BCUT2D eigenvalue weighted by Gasteiger charge is -2.08. The largest absolute Gasteiger partial charge is 0.481 e. The number of hydrogen-bond acceptors (Lipinski definition) is 19. The van der Waals surface area contributed by atoms with Crippen LogP contribution in [0.25, 0.3) is 0 Å². The van der Waals surface area contributed by atoms with E-state index in [1.54, 1.807) is 0 Å². The Morgan fingerprint density at radius 3 is 1.47 bits per heavy atom. The number of halogens is 1. The van der Waals surface area contributed by atoms with Crippen LogP contribution in [-0.2, 0) is 47.8 Å². The number of amides is 1. The van der Waals surface area contributed by atoms with Crippen LogP contribution in [0.4, 0.5) is 4.39 Å². The van der Waals surface area contributed by atoms with Crippen molar-refractivity contribution in [3.8, 4) is 0 Å². The Morgan fingerprint density at radius 1 is 0.667 bits per heavy atom. The summed E-state index contributed by atoms with van der Waals surface area (Å²) in [6, 6.07) is 0. The number of carboxylic acid groups (broad SMARTS) is 1. The molecule has 0 atom stereocenters. The van der Waals surface area contributed by atoms with Crippen molar-refractivity contribution in [3.63, 3.8) is 0 Å². The molecule has 4 N–H and O–H groups in total. The summed E-state index contributed by atoms with van der Waals surface area (Å²) in [7, 11) is 9.45. The van der Waals surface area contributed by atoms with Crippen molar-refractivity contribution in [2.45, 2.75) is 77.0 Å². The number of unbranched alkanes of at least 4 members (excludes halogenated alkanes) is 2. The van der Waals surface area contributed by atoms with Crippen molar-refractivity contribution in [1.29, 1.82) is 0 Å². The minimum Gasteiger partial charge on any atom is -0.481 e. The average Bonchev–Trinajstić information content (AvgIpc) is 3.93. The van der Waals surface area contributed by atoms with Crippen molar-refractivity contribution < 1.29 is 58.7 Å². The molecule has 0 aromatic carbocycles. The van der Waals surface area contributed by atoms with Crippen LogP contribution in [0.15, 0.2) is 0 Å². The molecular formula is C35H59FN2O11S8. The van der Waals surface area contributed by atoms with Crippen LogP contribution in [0.5, 0.6) is 0 Å². The lowest BCUT2D eigenvalue weighted by molar-refractivity contribution is -0.138. The lowest BCUT2D eigenvalue weighted by Crippen LogP contribution is -2.24. The fourth-order valence-electron chi connectivity index (χ4n) is 4.06. The Kier molecular flexibility index (Phi) is 41.4. The van der Waals surface area contributed by atoms with Gasteiger partial charge in [-0.25, -0.2) is 0 Å². The monoisotopic (exact) mass is 959 g/mol. The van der Waals surface area contributed by atoms with E-state index in [1.807, 2.05) is 43.2 Å². The van der Waals surface area contributed by atoms with E-state index in [9.17, 15) is 42.7 Å². The predicted molar refractivity (Wildman–Crippen MR) is 243 cm³/mol. The van der Waals surface area contributed by atoms with Crippen molar-refractivity contribution in [3.05, 3.63) is 0 Å². The quantitative estimate of drug-likeness (QED) is 0.0488. The molecule has 2 aliphatic heterocycles. The molecule has 0 bridgehead atoms. The first kappa shape index (κ1) is 56.2. The van der Waals surface area contributed by atoms with E-state index in [2.05, 4.69) is 14.8 Å². The second-order valence-corrected chi connectivity index (χ2v) is 21.3. The number of rotatable bonds is 25. The van der Waals surface area contributed by atoms with E-state index in [0.29, 0.717) is 18.1 Å². The predicted octanol–water partition coefficient (Wildman–Crippen LogP) is 6.79. The number of alkyl halides is 1. The number of hydrogen-bond donors (Lipinski definition) is 3. The molecule has 0 saturated carbocycles. The van der Waals surface area contributed by atoms with Gasteiger partial charge in [0.05, 0.1) is 40.7 Å². The van der Waals surface area contributed by atoms with Crippen molar-refractivity contribution in [2.24, 2.45) is 17.6 Å². The van der Waals surface area contributed by atoms with Crippen LogP contribution in [0, 0.1) is 11.8 Å². The first-order chi connectivity index (χ1) is 27.8. The van der Waals surface area contributed by atoms with Crippen LogP contribution in [-0.4, -0.2) is 130 Å². The number of methoxy groups -OCH3 is 2. The van der Waals surface area contributed by atoms with Gasteiger partial charge in [-0.1, -0.05) is 103 Å². The van der Waals surface area contributed by atoms with Gasteiger partial charge in [-0.05, 0) is 44.1 Å². The lowest BCUT2D eigenvalue weighted by atomic mass is 10.1. The zero-order chi connectivity index (χ0) is 43.8. The number of thioether (sulfide) groups is 4. The molecule has 0 aromatic heterocycles. The van der Waals surface area contributed by atoms with Gasteiger partial charge in [0.1, 0.15) is 0 Å². The van der Waals surface area contributed by atoms with Crippen LogP contribution < -0.4 is 11.1 Å². The number of esters is 2. The van der Waals surface area contributed by atoms with Gasteiger partial charge in [0.15, 0.2) is 20.5 Å². The maximum Gasteiger partial charge on any atom is 0.316 e. The van der Waals surface area contributed by atoms with Gasteiger partial charge >= 0.3 is 17.9 Å². The van der Waals surface area contributed by atoms with Crippen LogP contribution in [0.2, 0.25) is 0 Å². The van der Waals surface area contributed by atoms with E-state index in [0.717, 1.165) is 78.3 Å². The maximum absolute atomic E-state index is 11.8. The average molecular weight is 960 g/mol. The molecule has 330 valence electrons. The summed E-state index contributed by atoms with van der Waals surface area (Å²) in [5, 5.41) is 10.5. The third-order valence-electron chi connectivity index (χ3n) is 7.20. The highest BCUT2D eigenvalue weighted by molar-refractivity contribution is 8.77. The number of carbonyl (C=O) groups is 8. The fourth-order valence-corrected chi connectivity index (χ4v) is 13.2. The SMILES string of the molecule is COC(=O)CSC(=O)CCSC(=O)CCC(=O)NCCCCC1CSSC1.COC(=O)CSC(=O)CCSC(=O)CCC(=O)O.NCCCCC1CSSC1.[2H]CF. The molecule has 0 unspecified atom stereocenters. The zero-order valence-corrected chi connectivity index (χ0v) is 39.2. The first-order valence-electron chi connectivity index (χ1n) is 18.8. The molecule has 0 aromatic rings. The van der Waals surface area contributed by atoms with Gasteiger partial charge in [0, 0.05) is 73.2 Å². The maximum atomic E-state index is 11.8. The Hall–Kier alpha value is -0.750. The Bertz CT molecular complexity index is 1190. The molecule has 2 rings (SSSR count). The summed E-state index contributed by atoms with van der Waals surface area (Å²) in [4.78, 5) is 89.3. The standard InChI is InChI=1S/C17H27NO5S4.C10H14O6S2.C7H15NS2.CH3F/c1-23-15(20)12-25-17(22)7-9-24-16(21)6-5-14(19)18-8-3-2-4-13-10-26-27-11-13;1-16-8(13)6-18-10(15)4-5-17-9(14)3-2-7(11)12;8-4-2-1-3-7-5-9-10-6-7;1-2/h13H,2-12H2,1H3,(H,18,19);2-6H2,1H3,(H,11,12);7H,1-6,8H2;1H3/i;;;1D. The molecule has 13 nitrogen and oxygen atoms in total. The van der Waals surface area contributed by atoms with Gasteiger partial charge in [-0.3, -0.25) is 42.7 Å². The molecule has 22 heteroatoms.